The zero-order valence-corrected chi connectivity index (χ0v) is 12.8. The summed E-state index contributed by atoms with van der Waals surface area (Å²) in [6.45, 7) is 5.92. The van der Waals surface area contributed by atoms with Gasteiger partial charge in [0.15, 0.2) is 5.96 Å². The number of hydrogen-bond donors (Lipinski definition) is 2. The van der Waals surface area contributed by atoms with E-state index in [0.29, 0.717) is 11.9 Å². The Labute approximate surface area is 126 Å². The van der Waals surface area contributed by atoms with Gasteiger partial charge in [0, 0.05) is 18.8 Å². The maximum atomic E-state index is 12.2. The van der Waals surface area contributed by atoms with E-state index in [1.165, 1.54) is 5.56 Å². The van der Waals surface area contributed by atoms with E-state index in [9.17, 15) is 4.79 Å². The Kier molecular flexibility index (Phi) is 5.20. The monoisotopic (exact) mass is 288 g/mol. The fraction of sp³-hybridized carbons (Fsp3) is 0.500. The average molecular weight is 288 g/mol. The van der Waals surface area contributed by atoms with E-state index in [1.54, 1.807) is 4.90 Å². The minimum atomic E-state index is -0.00596. The van der Waals surface area contributed by atoms with Gasteiger partial charge < -0.3 is 16.0 Å². The van der Waals surface area contributed by atoms with Crippen molar-refractivity contribution in [3.05, 3.63) is 29.8 Å². The van der Waals surface area contributed by atoms with E-state index in [4.69, 9.17) is 5.73 Å². The molecular formula is C16H24N4O. The number of nitrogens with two attached hydrogens (primary N) is 1. The average Bonchev–Trinajstić information content (AvgIpc) is 2.88. The molecule has 0 atom stereocenters. The Bertz CT molecular complexity index is 525. The van der Waals surface area contributed by atoms with Gasteiger partial charge in [-0.25, -0.2) is 4.99 Å². The van der Waals surface area contributed by atoms with Crippen molar-refractivity contribution in [1.82, 2.24) is 5.32 Å². The van der Waals surface area contributed by atoms with Crippen LogP contribution in [0.2, 0.25) is 0 Å². The van der Waals surface area contributed by atoms with Gasteiger partial charge in [0.05, 0.1) is 0 Å². The highest BCUT2D eigenvalue weighted by Gasteiger charge is 2.23. The second kappa shape index (κ2) is 7.11. The third-order valence-electron chi connectivity index (χ3n) is 3.60. The van der Waals surface area contributed by atoms with Crippen LogP contribution in [0.15, 0.2) is 29.3 Å². The molecule has 1 heterocycles. The first-order valence-electron chi connectivity index (χ1n) is 7.50. The minimum absolute atomic E-state index is 0.00596. The fourth-order valence-electron chi connectivity index (χ4n) is 2.38. The predicted molar refractivity (Wildman–Crippen MR) is 86.4 cm³/mol. The highest BCUT2D eigenvalue weighted by Crippen LogP contribution is 2.27. The molecule has 0 bridgehead atoms. The summed E-state index contributed by atoms with van der Waals surface area (Å²) in [4.78, 5) is 18.2. The van der Waals surface area contributed by atoms with Crippen LogP contribution in [0.1, 0.15) is 25.8 Å². The van der Waals surface area contributed by atoms with E-state index in [2.05, 4.69) is 30.2 Å². The Morgan fingerprint density at radius 3 is 2.95 bits per heavy atom. The lowest BCUT2D eigenvalue weighted by atomic mass is 10.1. The third-order valence-corrected chi connectivity index (χ3v) is 3.60. The lowest BCUT2D eigenvalue weighted by Crippen LogP contribution is -2.36. The summed E-state index contributed by atoms with van der Waals surface area (Å²) in [6, 6.07) is 8.00. The summed E-state index contributed by atoms with van der Waals surface area (Å²) < 4.78 is 0. The lowest BCUT2D eigenvalue weighted by Gasteiger charge is -2.16. The summed E-state index contributed by atoms with van der Waals surface area (Å²) >= 11 is 0. The standard InChI is InChI=1S/C16H24N4O/c1-12(2)7-9-18-16(17)19-11-15(21)20-10-8-13-5-3-4-6-14(13)20/h3-6,12H,7-11H2,1-2H3,(H3,17,18,19). The molecule has 5 heteroatoms. The summed E-state index contributed by atoms with van der Waals surface area (Å²) in [5.41, 5.74) is 7.99. The molecule has 0 aromatic heterocycles. The van der Waals surface area contributed by atoms with Crippen molar-refractivity contribution in [2.24, 2.45) is 16.6 Å². The molecule has 5 nitrogen and oxygen atoms in total. The molecule has 0 saturated heterocycles. The van der Waals surface area contributed by atoms with E-state index in [-0.39, 0.29) is 12.5 Å². The van der Waals surface area contributed by atoms with Gasteiger partial charge in [-0.2, -0.15) is 0 Å². The van der Waals surface area contributed by atoms with Crippen LogP contribution in [0.3, 0.4) is 0 Å². The number of hydrogen-bond acceptors (Lipinski definition) is 2. The first-order chi connectivity index (χ1) is 10.1. The van der Waals surface area contributed by atoms with Crippen molar-refractivity contribution in [1.29, 1.82) is 0 Å². The number of carbonyl (C=O) groups is 1. The molecule has 1 aliphatic rings. The number of aliphatic imine (C=N–C) groups is 1. The van der Waals surface area contributed by atoms with Crippen LogP contribution in [0, 0.1) is 5.92 Å². The molecule has 0 aliphatic carbocycles. The van der Waals surface area contributed by atoms with Crippen LogP contribution in [0.5, 0.6) is 0 Å². The second-order valence-corrected chi connectivity index (χ2v) is 5.73. The summed E-state index contributed by atoms with van der Waals surface area (Å²) in [7, 11) is 0. The number of amides is 1. The smallest absolute Gasteiger partial charge is 0.248 e. The number of anilines is 1. The molecule has 0 fully saturated rings. The number of benzene rings is 1. The normalized spacial score (nSPS) is 14.4. The Hall–Kier alpha value is -2.04. The van der Waals surface area contributed by atoms with Gasteiger partial charge in [0.1, 0.15) is 6.54 Å². The zero-order chi connectivity index (χ0) is 15.2. The predicted octanol–water partition coefficient (Wildman–Crippen LogP) is 1.53. The van der Waals surface area contributed by atoms with E-state index in [0.717, 1.165) is 31.6 Å². The molecule has 2 rings (SSSR count). The van der Waals surface area contributed by atoms with Crippen molar-refractivity contribution in [2.45, 2.75) is 26.7 Å². The van der Waals surface area contributed by atoms with Crippen LogP contribution in [0.25, 0.3) is 0 Å². The Morgan fingerprint density at radius 2 is 2.19 bits per heavy atom. The van der Waals surface area contributed by atoms with Crippen molar-refractivity contribution >= 4 is 17.6 Å². The molecule has 1 aliphatic heterocycles. The molecule has 1 aromatic carbocycles. The maximum absolute atomic E-state index is 12.2. The van der Waals surface area contributed by atoms with Gasteiger partial charge in [-0.3, -0.25) is 4.79 Å². The molecule has 114 valence electrons. The molecular weight excluding hydrogens is 264 g/mol. The molecule has 3 N–H and O–H groups in total. The highest BCUT2D eigenvalue weighted by atomic mass is 16.2. The SMILES string of the molecule is CC(C)CCNC(N)=NCC(=O)N1CCc2ccccc21. The summed E-state index contributed by atoms with van der Waals surface area (Å²) in [6.07, 6.45) is 1.94. The van der Waals surface area contributed by atoms with Crippen molar-refractivity contribution in [3.63, 3.8) is 0 Å². The number of guanidine groups is 1. The minimum Gasteiger partial charge on any atom is -0.370 e. The van der Waals surface area contributed by atoms with E-state index >= 15 is 0 Å². The Morgan fingerprint density at radius 1 is 1.43 bits per heavy atom. The second-order valence-electron chi connectivity index (χ2n) is 5.73. The van der Waals surface area contributed by atoms with Crippen molar-refractivity contribution in [3.8, 4) is 0 Å². The maximum Gasteiger partial charge on any atom is 0.248 e. The number of nitrogens with one attached hydrogen (secondary N) is 1. The molecule has 0 saturated carbocycles. The van der Waals surface area contributed by atoms with Crippen LogP contribution in [-0.2, 0) is 11.2 Å². The lowest BCUT2D eigenvalue weighted by molar-refractivity contribution is -0.117. The first-order valence-corrected chi connectivity index (χ1v) is 7.50. The van der Waals surface area contributed by atoms with E-state index in [1.807, 2.05) is 18.2 Å². The van der Waals surface area contributed by atoms with Crippen LogP contribution in [0.4, 0.5) is 5.69 Å². The highest BCUT2D eigenvalue weighted by molar-refractivity contribution is 5.97. The number of para-hydroxylation sites is 1. The topological polar surface area (TPSA) is 70.7 Å². The first kappa shape index (κ1) is 15.4. The van der Waals surface area contributed by atoms with Gasteiger partial charge >= 0.3 is 0 Å². The van der Waals surface area contributed by atoms with Crippen molar-refractivity contribution < 1.29 is 4.79 Å². The molecule has 21 heavy (non-hydrogen) atoms. The number of nitrogens with zero attached hydrogens (tertiary/aromatic N) is 2. The quantitative estimate of drug-likeness (QED) is 0.637. The molecule has 0 unspecified atom stereocenters. The van der Waals surface area contributed by atoms with Gasteiger partial charge in [-0.05, 0) is 30.4 Å². The zero-order valence-electron chi connectivity index (χ0n) is 12.8. The molecule has 1 aromatic rings. The molecule has 0 spiro atoms. The van der Waals surface area contributed by atoms with Gasteiger partial charge in [0.25, 0.3) is 0 Å². The largest absolute Gasteiger partial charge is 0.370 e. The number of rotatable bonds is 5. The van der Waals surface area contributed by atoms with Gasteiger partial charge in [-0.1, -0.05) is 32.0 Å². The fourth-order valence-corrected chi connectivity index (χ4v) is 2.38. The summed E-state index contributed by atoms with van der Waals surface area (Å²) in [5.74, 6) is 0.957. The van der Waals surface area contributed by atoms with Crippen LogP contribution >= 0.6 is 0 Å². The Balaban J connectivity index is 1.85. The van der Waals surface area contributed by atoms with Crippen molar-refractivity contribution in [2.75, 3.05) is 24.5 Å². The van der Waals surface area contributed by atoms with E-state index < -0.39 is 0 Å². The number of carbonyl (C=O) groups excluding carboxylic acids is 1. The molecule has 0 radical (unpaired) electrons. The third kappa shape index (κ3) is 4.21. The van der Waals surface area contributed by atoms with Crippen LogP contribution < -0.4 is 16.0 Å². The van der Waals surface area contributed by atoms with Crippen LogP contribution in [-0.4, -0.2) is 31.5 Å². The van der Waals surface area contributed by atoms with Gasteiger partial charge in [0.2, 0.25) is 5.91 Å². The number of fused-ring (bicyclic) bond motifs is 1. The molecule has 1 amide bonds. The summed E-state index contributed by atoms with van der Waals surface area (Å²) in [5, 5.41) is 3.04. The van der Waals surface area contributed by atoms with Gasteiger partial charge in [-0.15, -0.1) is 0 Å².